The summed E-state index contributed by atoms with van der Waals surface area (Å²) in [5.74, 6) is -0.979. The smallest absolute Gasteiger partial charge is 0.337 e. The van der Waals surface area contributed by atoms with E-state index in [1.807, 2.05) is 43.3 Å². The molecule has 0 saturated carbocycles. The number of hydrogen-bond acceptors (Lipinski definition) is 4. The molecule has 2 aromatic rings. The summed E-state index contributed by atoms with van der Waals surface area (Å²) in [4.78, 5) is 17.1. The van der Waals surface area contributed by atoms with Crippen molar-refractivity contribution in [3.05, 3.63) is 48.3 Å². The van der Waals surface area contributed by atoms with E-state index in [4.69, 9.17) is 5.11 Å². The van der Waals surface area contributed by atoms with Gasteiger partial charge in [-0.2, -0.15) is 0 Å². The maximum absolute atomic E-state index is 11.2. The molecule has 0 atom stereocenters. The van der Waals surface area contributed by atoms with Gasteiger partial charge in [0.05, 0.1) is 28.8 Å². The van der Waals surface area contributed by atoms with Crippen LogP contribution in [0.1, 0.15) is 10.4 Å². The zero-order valence-electron chi connectivity index (χ0n) is 10.8. The van der Waals surface area contributed by atoms with Gasteiger partial charge in [0.2, 0.25) is 0 Å². The molecule has 0 unspecified atom stereocenters. The second-order valence-electron chi connectivity index (χ2n) is 4.26. The molecule has 19 heavy (non-hydrogen) atoms. The summed E-state index contributed by atoms with van der Waals surface area (Å²) in [6, 6.07) is 9.16. The Balaban J connectivity index is 2.39. The molecule has 0 aliphatic rings. The predicted molar refractivity (Wildman–Crippen MR) is 75.2 cm³/mol. The third kappa shape index (κ3) is 2.82. The standard InChI is InChI=1S/C14H15N3O2/c1-17(2)13-6-4-3-5-11(13)16-12-9-15-8-7-10(12)14(18)19/h3-9,16H,1-2H3,(H,18,19). The number of nitrogens with one attached hydrogen (secondary N) is 1. The Hall–Kier alpha value is -2.56. The average molecular weight is 257 g/mol. The molecule has 0 radical (unpaired) electrons. The minimum absolute atomic E-state index is 0.198. The van der Waals surface area contributed by atoms with Crippen molar-refractivity contribution in [2.24, 2.45) is 0 Å². The van der Waals surface area contributed by atoms with Crippen LogP contribution in [0, 0.1) is 0 Å². The molecule has 0 amide bonds. The molecule has 0 aliphatic heterocycles. The van der Waals surface area contributed by atoms with E-state index in [1.54, 1.807) is 0 Å². The first-order valence-electron chi connectivity index (χ1n) is 5.80. The van der Waals surface area contributed by atoms with Gasteiger partial charge >= 0.3 is 5.97 Å². The molecule has 98 valence electrons. The molecule has 2 N–H and O–H groups in total. The van der Waals surface area contributed by atoms with Crippen molar-refractivity contribution in [2.75, 3.05) is 24.3 Å². The van der Waals surface area contributed by atoms with Crippen molar-refractivity contribution < 1.29 is 9.90 Å². The number of benzene rings is 1. The molecule has 5 heteroatoms. The van der Waals surface area contributed by atoms with Gasteiger partial charge in [-0.3, -0.25) is 4.98 Å². The SMILES string of the molecule is CN(C)c1ccccc1Nc1cnccc1C(=O)O. The molecule has 1 aromatic heterocycles. The first-order valence-corrected chi connectivity index (χ1v) is 5.80. The van der Waals surface area contributed by atoms with Crippen molar-refractivity contribution in [3.63, 3.8) is 0 Å². The van der Waals surface area contributed by atoms with Crippen LogP contribution in [0.25, 0.3) is 0 Å². The van der Waals surface area contributed by atoms with Gasteiger partial charge in [0.1, 0.15) is 0 Å². The van der Waals surface area contributed by atoms with Gasteiger partial charge < -0.3 is 15.3 Å². The number of carboxylic acids is 1. The van der Waals surface area contributed by atoms with E-state index < -0.39 is 5.97 Å². The number of carbonyl (C=O) groups is 1. The highest BCUT2D eigenvalue weighted by atomic mass is 16.4. The summed E-state index contributed by atoms with van der Waals surface area (Å²) >= 11 is 0. The van der Waals surface area contributed by atoms with Gasteiger partial charge in [-0.15, -0.1) is 0 Å². The molecule has 1 aromatic carbocycles. The minimum Gasteiger partial charge on any atom is -0.478 e. The quantitative estimate of drug-likeness (QED) is 0.881. The van der Waals surface area contributed by atoms with Crippen LogP contribution in [0.2, 0.25) is 0 Å². The molecule has 0 saturated heterocycles. The fourth-order valence-corrected chi connectivity index (χ4v) is 1.79. The number of aromatic carboxylic acids is 1. The normalized spacial score (nSPS) is 10.0. The van der Waals surface area contributed by atoms with Crippen LogP contribution in [0.15, 0.2) is 42.7 Å². The molecular formula is C14H15N3O2. The predicted octanol–water partition coefficient (Wildman–Crippen LogP) is 2.59. The highest BCUT2D eigenvalue weighted by molar-refractivity contribution is 5.95. The van der Waals surface area contributed by atoms with Crippen molar-refractivity contribution >= 4 is 23.0 Å². The zero-order valence-corrected chi connectivity index (χ0v) is 10.8. The topological polar surface area (TPSA) is 65.5 Å². The number of hydrogen-bond donors (Lipinski definition) is 2. The lowest BCUT2D eigenvalue weighted by molar-refractivity contribution is 0.0698. The van der Waals surface area contributed by atoms with Gasteiger partial charge in [0.25, 0.3) is 0 Å². The maximum atomic E-state index is 11.2. The molecule has 0 bridgehead atoms. The molecule has 0 aliphatic carbocycles. The van der Waals surface area contributed by atoms with E-state index in [1.165, 1.54) is 18.5 Å². The number of para-hydroxylation sites is 2. The molecular weight excluding hydrogens is 242 g/mol. The fourth-order valence-electron chi connectivity index (χ4n) is 1.79. The van der Waals surface area contributed by atoms with Crippen molar-refractivity contribution in [3.8, 4) is 0 Å². The number of pyridine rings is 1. The summed E-state index contributed by atoms with van der Waals surface area (Å²) in [5.41, 5.74) is 2.48. The second-order valence-corrected chi connectivity index (χ2v) is 4.26. The van der Waals surface area contributed by atoms with Crippen LogP contribution in [0.4, 0.5) is 17.1 Å². The fraction of sp³-hybridized carbons (Fsp3) is 0.143. The number of nitrogens with zero attached hydrogens (tertiary/aromatic N) is 2. The lowest BCUT2D eigenvalue weighted by Gasteiger charge is -2.18. The second kappa shape index (κ2) is 5.39. The van der Waals surface area contributed by atoms with Crippen LogP contribution < -0.4 is 10.2 Å². The molecule has 0 spiro atoms. The third-order valence-electron chi connectivity index (χ3n) is 2.71. The first kappa shape index (κ1) is 12.9. The highest BCUT2D eigenvalue weighted by Crippen LogP contribution is 2.28. The third-order valence-corrected chi connectivity index (χ3v) is 2.71. The van der Waals surface area contributed by atoms with Crippen LogP contribution >= 0.6 is 0 Å². The Morgan fingerprint density at radius 3 is 2.63 bits per heavy atom. The van der Waals surface area contributed by atoms with Gasteiger partial charge in [-0.25, -0.2) is 4.79 Å². The number of rotatable bonds is 4. The Kier molecular flexibility index (Phi) is 3.66. The first-order chi connectivity index (χ1) is 9.09. The summed E-state index contributed by atoms with van der Waals surface area (Å²) < 4.78 is 0. The number of anilines is 3. The van der Waals surface area contributed by atoms with Gasteiger partial charge in [0, 0.05) is 20.3 Å². The molecule has 5 nitrogen and oxygen atoms in total. The Labute approximate surface area is 111 Å². The lowest BCUT2D eigenvalue weighted by atomic mass is 10.2. The Morgan fingerprint density at radius 2 is 1.95 bits per heavy atom. The summed E-state index contributed by atoms with van der Waals surface area (Å²) in [6.07, 6.45) is 2.97. The van der Waals surface area contributed by atoms with Gasteiger partial charge in [-0.05, 0) is 18.2 Å². The van der Waals surface area contributed by atoms with Crippen LogP contribution in [-0.4, -0.2) is 30.2 Å². The van der Waals surface area contributed by atoms with Crippen LogP contribution in [0.5, 0.6) is 0 Å². The van der Waals surface area contributed by atoms with E-state index in [9.17, 15) is 4.79 Å². The molecule has 2 rings (SSSR count). The average Bonchev–Trinajstić information content (AvgIpc) is 2.39. The van der Waals surface area contributed by atoms with E-state index in [2.05, 4.69) is 10.3 Å². The van der Waals surface area contributed by atoms with E-state index >= 15 is 0 Å². The molecule has 0 fully saturated rings. The Morgan fingerprint density at radius 1 is 1.21 bits per heavy atom. The lowest BCUT2D eigenvalue weighted by Crippen LogP contribution is -2.11. The summed E-state index contributed by atoms with van der Waals surface area (Å²) in [5, 5.41) is 12.3. The van der Waals surface area contributed by atoms with E-state index in [0.29, 0.717) is 5.69 Å². The highest BCUT2D eigenvalue weighted by Gasteiger charge is 2.11. The number of aromatic nitrogens is 1. The number of carboxylic acid groups (broad SMARTS) is 1. The van der Waals surface area contributed by atoms with Crippen molar-refractivity contribution in [1.82, 2.24) is 4.98 Å². The summed E-state index contributed by atoms with van der Waals surface area (Å²) in [6.45, 7) is 0. The van der Waals surface area contributed by atoms with E-state index in [0.717, 1.165) is 11.4 Å². The van der Waals surface area contributed by atoms with Gasteiger partial charge in [-0.1, -0.05) is 12.1 Å². The maximum Gasteiger partial charge on any atom is 0.337 e. The molecule has 1 heterocycles. The van der Waals surface area contributed by atoms with Crippen LogP contribution in [-0.2, 0) is 0 Å². The van der Waals surface area contributed by atoms with Crippen molar-refractivity contribution in [1.29, 1.82) is 0 Å². The zero-order chi connectivity index (χ0) is 13.8. The Bertz CT molecular complexity index is 597. The van der Waals surface area contributed by atoms with E-state index in [-0.39, 0.29) is 5.56 Å². The van der Waals surface area contributed by atoms with Crippen LogP contribution in [0.3, 0.4) is 0 Å². The monoisotopic (exact) mass is 257 g/mol. The largest absolute Gasteiger partial charge is 0.478 e. The van der Waals surface area contributed by atoms with Gasteiger partial charge in [0.15, 0.2) is 0 Å². The summed E-state index contributed by atoms with van der Waals surface area (Å²) in [7, 11) is 3.86. The minimum atomic E-state index is -0.979. The van der Waals surface area contributed by atoms with Crippen molar-refractivity contribution in [2.45, 2.75) is 0 Å².